The van der Waals surface area contributed by atoms with E-state index in [-0.39, 0.29) is 4.90 Å². The molecule has 102 valence electrons. The lowest BCUT2D eigenvalue weighted by atomic mass is 10.1. The Morgan fingerprint density at radius 3 is 2.05 bits per heavy atom. The lowest BCUT2D eigenvalue weighted by Crippen LogP contribution is -2.13. The van der Waals surface area contributed by atoms with Crippen molar-refractivity contribution in [3.05, 3.63) is 40.7 Å². The van der Waals surface area contributed by atoms with Crippen molar-refractivity contribution in [2.75, 3.05) is 0 Å². The first-order valence-electron chi connectivity index (χ1n) is 5.87. The normalized spacial score (nSPS) is 11.8. The van der Waals surface area contributed by atoms with Crippen LogP contribution in [0.1, 0.15) is 22.4 Å². The highest BCUT2D eigenvalue weighted by Crippen LogP contribution is 2.24. The van der Waals surface area contributed by atoms with Gasteiger partial charge in [-0.05, 0) is 38.8 Å². The third-order valence-corrected chi connectivity index (χ3v) is 4.13. The molecule has 0 aliphatic carbocycles. The highest BCUT2D eigenvalue weighted by atomic mass is 32.2. The Labute approximate surface area is 113 Å². The summed E-state index contributed by atoms with van der Waals surface area (Å²) in [4.78, 5) is 0.0619. The molecule has 0 amide bonds. The third-order valence-electron chi connectivity index (χ3n) is 3.12. The predicted molar refractivity (Wildman–Crippen MR) is 73.9 cm³/mol. The number of primary sulfonamides is 1. The van der Waals surface area contributed by atoms with Gasteiger partial charge < -0.3 is 0 Å². The van der Waals surface area contributed by atoms with E-state index >= 15 is 0 Å². The van der Waals surface area contributed by atoms with Gasteiger partial charge in [0.25, 0.3) is 0 Å². The Morgan fingerprint density at radius 1 is 1.11 bits per heavy atom. The molecule has 0 saturated carbocycles. The summed E-state index contributed by atoms with van der Waals surface area (Å²) in [6.07, 6.45) is 1.30. The van der Waals surface area contributed by atoms with Gasteiger partial charge in [-0.2, -0.15) is 5.10 Å². The maximum Gasteiger partial charge on any atom is 0.241 e. The fourth-order valence-electron chi connectivity index (χ4n) is 2.41. The van der Waals surface area contributed by atoms with Gasteiger partial charge in [-0.3, -0.25) is 0 Å². The van der Waals surface area contributed by atoms with Crippen LogP contribution in [0.25, 0.3) is 5.69 Å². The van der Waals surface area contributed by atoms with Crippen molar-refractivity contribution in [3.8, 4) is 5.69 Å². The summed E-state index contributed by atoms with van der Waals surface area (Å²) in [5.74, 6) is 0. The van der Waals surface area contributed by atoms with Crippen LogP contribution in [-0.4, -0.2) is 18.2 Å². The lowest BCUT2D eigenvalue weighted by molar-refractivity contribution is 0.597. The summed E-state index contributed by atoms with van der Waals surface area (Å²) in [6, 6.07) is 4.08. The number of benzene rings is 1. The lowest BCUT2D eigenvalue weighted by Gasteiger charge is -2.13. The summed E-state index contributed by atoms with van der Waals surface area (Å²) in [7, 11) is -3.74. The molecular weight excluding hydrogens is 262 g/mol. The van der Waals surface area contributed by atoms with Crippen LogP contribution in [0, 0.1) is 27.7 Å². The predicted octanol–water partition coefficient (Wildman–Crippen LogP) is 1.75. The van der Waals surface area contributed by atoms with Gasteiger partial charge in [-0.1, -0.05) is 17.7 Å². The molecule has 19 heavy (non-hydrogen) atoms. The van der Waals surface area contributed by atoms with E-state index in [1.165, 1.54) is 6.20 Å². The second-order valence-corrected chi connectivity index (χ2v) is 6.33. The van der Waals surface area contributed by atoms with Crippen LogP contribution in [0.5, 0.6) is 0 Å². The average Bonchev–Trinajstić information content (AvgIpc) is 2.58. The van der Waals surface area contributed by atoms with Crippen molar-refractivity contribution < 1.29 is 8.42 Å². The highest BCUT2D eigenvalue weighted by Gasteiger charge is 2.19. The molecule has 1 aromatic carbocycles. The van der Waals surface area contributed by atoms with Crippen LogP contribution in [0.3, 0.4) is 0 Å². The van der Waals surface area contributed by atoms with E-state index in [2.05, 4.69) is 5.10 Å². The largest absolute Gasteiger partial charge is 0.241 e. The molecule has 0 aliphatic heterocycles. The van der Waals surface area contributed by atoms with E-state index in [1.54, 1.807) is 11.6 Å². The fraction of sp³-hybridized carbons (Fsp3) is 0.308. The molecule has 0 spiro atoms. The zero-order chi connectivity index (χ0) is 14.4. The summed E-state index contributed by atoms with van der Waals surface area (Å²) in [6.45, 7) is 7.68. The van der Waals surface area contributed by atoms with E-state index in [0.717, 1.165) is 22.4 Å². The molecule has 0 bridgehead atoms. The zero-order valence-corrected chi connectivity index (χ0v) is 12.2. The number of nitrogens with two attached hydrogens (primary N) is 1. The molecule has 0 fully saturated rings. The van der Waals surface area contributed by atoms with Crippen LogP contribution in [0.4, 0.5) is 0 Å². The van der Waals surface area contributed by atoms with E-state index in [9.17, 15) is 8.42 Å². The number of aromatic nitrogens is 2. The topological polar surface area (TPSA) is 78.0 Å². The van der Waals surface area contributed by atoms with E-state index in [4.69, 9.17) is 5.14 Å². The van der Waals surface area contributed by atoms with Crippen LogP contribution in [0.2, 0.25) is 0 Å². The maximum atomic E-state index is 11.4. The Kier molecular flexibility index (Phi) is 3.24. The first-order valence-corrected chi connectivity index (χ1v) is 7.42. The number of hydrogen-bond donors (Lipinski definition) is 1. The van der Waals surface area contributed by atoms with Gasteiger partial charge in [0.2, 0.25) is 10.0 Å². The highest BCUT2D eigenvalue weighted by molar-refractivity contribution is 7.89. The van der Waals surface area contributed by atoms with Crippen LogP contribution >= 0.6 is 0 Å². The monoisotopic (exact) mass is 279 g/mol. The van der Waals surface area contributed by atoms with Crippen molar-refractivity contribution in [1.82, 2.24) is 9.78 Å². The first kappa shape index (κ1) is 13.8. The molecular formula is C13H17N3O2S. The summed E-state index contributed by atoms with van der Waals surface area (Å²) in [5, 5.41) is 9.33. The second kappa shape index (κ2) is 4.47. The number of nitrogens with zero attached hydrogens (tertiary/aromatic N) is 2. The van der Waals surface area contributed by atoms with Gasteiger partial charge in [-0.15, -0.1) is 0 Å². The van der Waals surface area contributed by atoms with E-state index < -0.39 is 10.0 Å². The Bertz CT molecular complexity index is 722. The summed E-state index contributed by atoms with van der Waals surface area (Å²) >= 11 is 0. The smallest absolute Gasteiger partial charge is 0.236 e. The van der Waals surface area contributed by atoms with Gasteiger partial charge in [0.05, 0.1) is 17.6 Å². The summed E-state index contributed by atoms with van der Waals surface area (Å²) < 4.78 is 24.5. The Balaban J connectivity index is 2.72. The Morgan fingerprint density at radius 2 is 1.63 bits per heavy atom. The van der Waals surface area contributed by atoms with Crippen molar-refractivity contribution in [3.63, 3.8) is 0 Å². The molecule has 0 unspecified atom stereocenters. The molecule has 5 nitrogen and oxygen atoms in total. The number of aryl methyl sites for hydroxylation is 3. The summed E-state index contributed by atoms with van der Waals surface area (Å²) in [5.41, 5.74) is 4.68. The molecule has 1 aromatic heterocycles. The number of sulfonamides is 1. The molecule has 1 heterocycles. The zero-order valence-electron chi connectivity index (χ0n) is 11.4. The minimum absolute atomic E-state index is 0.0619. The molecule has 6 heteroatoms. The van der Waals surface area contributed by atoms with Crippen molar-refractivity contribution >= 4 is 10.0 Å². The van der Waals surface area contributed by atoms with Gasteiger partial charge in [0, 0.05) is 0 Å². The van der Waals surface area contributed by atoms with Crippen molar-refractivity contribution in [1.29, 1.82) is 0 Å². The molecule has 2 N–H and O–H groups in total. The van der Waals surface area contributed by atoms with Gasteiger partial charge >= 0.3 is 0 Å². The SMILES string of the molecule is Cc1cc(C)c(-n2ncc(S(N)(=O)=O)c2C)c(C)c1. The standard InChI is InChI=1S/C13H17N3O2S/c1-8-5-9(2)13(10(3)6-8)16-11(4)12(7-15-16)19(14,17)18/h5-7H,1-4H3,(H2,14,17,18). The van der Waals surface area contributed by atoms with Gasteiger partial charge in [0.15, 0.2) is 0 Å². The van der Waals surface area contributed by atoms with Crippen molar-refractivity contribution in [2.24, 2.45) is 5.14 Å². The Hall–Kier alpha value is -1.66. The van der Waals surface area contributed by atoms with E-state index in [0.29, 0.717) is 5.69 Å². The third kappa shape index (κ3) is 2.41. The molecule has 0 atom stereocenters. The molecule has 2 aromatic rings. The molecule has 0 radical (unpaired) electrons. The van der Waals surface area contributed by atoms with Crippen LogP contribution in [0.15, 0.2) is 23.2 Å². The molecule has 0 saturated heterocycles. The fourth-order valence-corrected chi connectivity index (χ4v) is 3.10. The molecule has 2 rings (SSSR count). The first-order chi connectivity index (χ1) is 8.71. The maximum absolute atomic E-state index is 11.4. The quantitative estimate of drug-likeness (QED) is 0.909. The van der Waals surface area contributed by atoms with Gasteiger partial charge in [-0.25, -0.2) is 18.2 Å². The number of hydrogen-bond acceptors (Lipinski definition) is 3. The molecule has 0 aliphatic rings. The van der Waals surface area contributed by atoms with Gasteiger partial charge in [0.1, 0.15) is 4.90 Å². The van der Waals surface area contributed by atoms with E-state index in [1.807, 2.05) is 32.9 Å². The minimum Gasteiger partial charge on any atom is -0.236 e. The second-order valence-electron chi connectivity index (χ2n) is 4.80. The number of rotatable bonds is 2. The van der Waals surface area contributed by atoms with Crippen LogP contribution < -0.4 is 5.14 Å². The van der Waals surface area contributed by atoms with Crippen molar-refractivity contribution in [2.45, 2.75) is 32.6 Å². The average molecular weight is 279 g/mol. The minimum atomic E-state index is -3.74. The van der Waals surface area contributed by atoms with Crippen LogP contribution in [-0.2, 0) is 10.0 Å².